The van der Waals surface area contributed by atoms with Gasteiger partial charge in [-0.2, -0.15) is 0 Å². The molecule has 9 heteroatoms. The van der Waals surface area contributed by atoms with E-state index in [9.17, 15) is 14.4 Å². The van der Waals surface area contributed by atoms with E-state index in [1.165, 1.54) is 42.1 Å². The van der Waals surface area contributed by atoms with Crippen molar-refractivity contribution in [3.05, 3.63) is 87.9 Å². The molecular weight excluding hydrogens is 459 g/mol. The quantitative estimate of drug-likeness (QED) is 0.383. The van der Waals surface area contributed by atoms with Crippen LogP contribution >= 0.6 is 35.0 Å². The number of anilines is 2. The van der Waals surface area contributed by atoms with Gasteiger partial charge in [-0.05, 0) is 60.7 Å². The van der Waals surface area contributed by atoms with Crippen LogP contribution in [-0.2, 0) is 4.79 Å². The molecular formula is C22H16Cl2N2O4S. The van der Waals surface area contributed by atoms with Crippen LogP contribution in [0, 0.1) is 0 Å². The molecule has 6 nitrogen and oxygen atoms in total. The number of carbonyl (C=O) groups is 3. The van der Waals surface area contributed by atoms with E-state index in [4.69, 9.17) is 28.3 Å². The molecule has 0 aliphatic carbocycles. The standard InChI is InChI=1S/C22H16Cl2N2O4S/c23-14-6-9-18(19(24)10-14)21(28)26-16-2-1-3-17(11-16)31-12-20(27)25-15-7-4-13(5-8-15)22(29)30/h1-11H,12H2,(H,25,27)(H,26,28)(H,29,30). The second-order valence-electron chi connectivity index (χ2n) is 6.33. The zero-order chi connectivity index (χ0) is 22.4. The minimum atomic E-state index is -1.03. The maximum absolute atomic E-state index is 12.4. The van der Waals surface area contributed by atoms with E-state index in [0.29, 0.717) is 22.0 Å². The fourth-order valence-corrected chi connectivity index (χ4v) is 3.83. The van der Waals surface area contributed by atoms with Gasteiger partial charge in [0, 0.05) is 21.3 Å². The first-order valence-electron chi connectivity index (χ1n) is 8.94. The van der Waals surface area contributed by atoms with Gasteiger partial charge < -0.3 is 15.7 Å². The number of carboxylic acids is 1. The van der Waals surface area contributed by atoms with Crippen molar-refractivity contribution in [2.75, 3.05) is 16.4 Å². The van der Waals surface area contributed by atoms with E-state index >= 15 is 0 Å². The Labute approximate surface area is 192 Å². The Morgan fingerprint density at radius 2 is 1.61 bits per heavy atom. The van der Waals surface area contributed by atoms with Crippen LogP contribution in [0.15, 0.2) is 71.6 Å². The summed E-state index contributed by atoms with van der Waals surface area (Å²) in [7, 11) is 0. The fourth-order valence-electron chi connectivity index (χ4n) is 2.58. The molecule has 2 amide bonds. The van der Waals surface area contributed by atoms with E-state index in [0.717, 1.165) is 4.90 Å². The highest BCUT2D eigenvalue weighted by Crippen LogP contribution is 2.25. The number of nitrogens with one attached hydrogen (secondary N) is 2. The molecule has 0 saturated heterocycles. The molecule has 3 aromatic carbocycles. The van der Waals surface area contributed by atoms with Crippen LogP contribution in [0.1, 0.15) is 20.7 Å². The van der Waals surface area contributed by atoms with Crippen molar-refractivity contribution in [1.29, 1.82) is 0 Å². The highest BCUT2D eigenvalue weighted by atomic mass is 35.5. The molecule has 158 valence electrons. The zero-order valence-electron chi connectivity index (χ0n) is 15.9. The van der Waals surface area contributed by atoms with Crippen LogP contribution in [0.2, 0.25) is 10.0 Å². The molecule has 3 rings (SSSR count). The van der Waals surface area contributed by atoms with Gasteiger partial charge in [0.05, 0.1) is 21.9 Å². The average Bonchev–Trinajstić information content (AvgIpc) is 2.73. The van der Waals surface area contributed by atoms with Crippen LogP contribution in [0.25, 0.3) is 0 Å². The van der Waals surface area contributed by atoms with Gasteiger partial charge in [-0.1, -0.05) is 29.3 Å². The molecule has 0 atom stereocenters. The topological polar surface area (TPSA) is 95.5 Å². The molecule has 0 saturated carbocycles. The van der Waals surface area contributed by atoms with Crippen molar-refractivity contribution in [2.45, 2.75) is 4.90 Å². The summed E-state index contributed by atoms with van der Waals surface area (Å²) in [5, 5.41) is 15.1. The van der Waals surface area contributed by atoms with E-state index in [1.807, 2.05) is 6.07 Å². The van der Waals surface area contributed by atoms with E-state index in [2.05, 4.69) is 10.6 Å². The van der Waals surface area contributed by atoms with Gasteiger partial charge in [-0.25, -0.2) is 4.79 Å². The van der Waals surface area contributed by atoms with Gasteiger partial charge in [0.1, 0.15) is 0 Å². The van der Waals surface area contributed by atoms with Crippen molar-refractivity contribution in [2.24, 2.45) is 0 Å². The number of carboxylic acid groups (broad SMARTS) is 1. The van der Waals surface area contributed by atoms with E-state index < -0.39 is 5.97 Å². The van der Waals surface area contributed by atoms with Crippen LogP contribution in [-0.4, -0.2) is 28.6 Å². The second kappa shape index (κ2) is 10.3. The lowest BCUT2D eigenvalue weighted by atomic mass is 10.2. The fraction of sp³-hybridized carbons (Fsp3) is 0.0455. The third-order valence-corrected chi connectivity index (χ3v) is 5.59. The average molecular weight is 475 g/mol. The minimum Gasteiger partial charge on any atom is -0.478 e. The van der Waals surface area contributed by atoms with E-state index in [-0.39, 0.29) is 28.2 Å². The number of halogens is 2. The molecule has 0 bridgehead atoms. The van der Waals surface area contributed by atoms with Crippen LogP contribution < -0.4 is 10.6 Å². The zero-order valence-corrected chi connectivity index (χ0v) is 18.2. The number of aromatic carboxylic acids is 1. The Balaban J connectivity index is 1.57. The third kappa shape index (κ3) is 6.49. The normalized spacial score (nSPS) is 10.4. The molecule has 31 heavy (non-hydrogen) atoms. The Bertz CT molecular complexity index is 1140. The Kier molecular flexibility index (Phi) is 7.57. The van der Waals surface area contributed by atoms with Crippen molar-refractivity contribution in [3.63, 3.8) is 0 Å². The molecule has 0 spiro atoms. The smallest absolute Gasteiger partial charge is 0.335 e. The van der Waals surface area contributed by atoms with Gasteiger partial charge in [-0.3, -0.25) is 9.59 Å². The molecule has 0 fully saturated rings. The maximum atomic E-state index is 12.4. The molecule has 0 unspecified atom stereocenters. The number of rotatable bonds is 7. The highest BCUT2D eigenvalue weighted by Gasteiger charge is 2.12. The van der Waals surface area contributed by atoms with Crippen LogP contribution in [0.4, 0.5) is 11.4 Å². The predicted molar refractivity (Wildman–Crippen MR) is 124 cm³/mol. The number of thioether (sulfide) groups is 1. The van der Waals surface area contributed by atoms with E-state index in [1.54, 1.807) is 30.3 Å². The first-order chi connectivity index (χ1) is 14.8. The summed E-state index contributed by atoms with van der Waals surface area (Å²) in [5.74, 6) is -1.50. The van der Waals surface area contributed by atoms with Crippen molar-refractivity contribution in [1.82, 2.24) is 0 Å². The van der Waals surface area contributed by atoms with Gasteiger partial charge >= 0.3 is 5.97 Å². The maximum Gasteiger partial charge on any atom is 0.335 e. The summed E-state index contributed by atoms with van der Waals surface area (Å²) in [4.78, 5) is 36.3. The number of hydrogen-bond donors (Lipinski definition) is 3. The lowest BCUT2D eigenvalue weighted by Crippen LogP contribution is -2.14. The van der Waals surface area contributed by atoms with Gasteiger partial charge in [-0.15, -0.1) is 11.8 Å². The largest absolute Gasteiger partial charge is 0.478 e. The molecule has 3 aromatic rings. The van der Waals surface area contributed by atoms with Gasteiger partial charge in [0.2, 0.25) is 5.91 Å². The lowest BCUT2D eigenvalue weighted by molar-refractivity contribution is -0.113. The monoisotopic (exact) mass is 474 g/mol. The summed E-state index contributed by atoms with van der Waals surface area (Å²) < 4.78 is 0. The molecule has 0 aromatic heterocycles. The number of amides is 2. The predicted octanol–water partition coefficient (Wildman–Crippen LogP) is 5.67. The van der Waals surface area contributed by atoms with Gasteiger partial charge in [0.15, 0.2) is 0 Å². The third-order valence-electron chi connectivity index (χ3n) is 4.05. The number of carbonyl (C=O) groups excluding carboxylic acids is 2. The molecule has 0 aliphatic rings. The highest BCUT2D eigenvalue weighted by molar-refractivity contribution is 8.00. The first kappa shape index (κ1) is 22.7. The SMILES string of the molecule is O=C(CSc1cccc(NC(=O)c2ccc(Cl)cc2Cl)c1)Nc1ccc(C(=O)O)cc1. The number of benzene rings is 3. The van der Waals surface area contributed by atoms with Crippen molar-refractivity contribution in [3.8, 4) is 0 Å². The lowest BCUT2D eigenvalue weighted by Gasteiger charge is -2.09. The summed E-state index contributed by atoms with van der Waals surface area (Å²) in [5.41, 5.74) is 1.52. The van der Waals surface area contributed by atoms with Crippen molar-refractivity contribution < 1.29 is 19.5 Å². The Morgan fingerprint density at radius 3 is 2.29 bits per heavy atom. The van der Waals surface area contributed by atoms with Crippen molar-refractivity contribution >= 4 is 64.1 Å². The summed E-state index contributed by atoms with van der Waals surface area (Å²) in [6.07, 6.45) is 0. The second-order valence-corrected chi connectivity index (χ2v) is 8.22. The van der Waals surface area contributed by atoms with Gasteiger partial charge in [0.25, 0.3) is 5.91 Å². The summed E-state index contributed by atoms with van der Waals surface area (Å²) >= 11 is 13.2. The van der Waals surface area contributed by atoms with Crippen LogP contribution in [0.5, 0.6) is 0 Å². The van der Waals surface area contributed by atoms with Crippen LogP contribution in [0.3, 0.4) is 0 Å². The summed E-state index contributed by atoms with van der Waals surface area (Å²) in [6.45, 7) is 0. The first-order valence-corrected chi connectivity index (χ1v) is 10.7. The molecule has 0 aliphatic heterocycles. The number of hydrogen-bond acceptors (Lipinski definition) is 4. The molecule has 0 radical (unpaired) electrons. The molecule has 3 N–H and O–H groups in total. The minimum absolute atomic E-state index is 0.140. The Morgan fingerprint density at radius 1 is 0.871 bits per heavy atom. The Hall–Kier alpha value is -3.00. The molecule has 0 heterocycles. The summed E-state index contributed by atoms with van der Waals surface area (Å²) in [6, 6.07) is 17.6.